The van der Waals surface area contributed by atoms with Crippen LogP contribution in [-0.4, -0.2) is 34.5 Å². The van der Waals surface area contributed by atoms with Gasteiger partial charge in [-0.25, -0.2) is 9.97 Å². The number of β-lactam (4-membered cyclic amide) rings is 1. The SMILES string of the molecule is O=C1CC2(CCN(c3nc(CSc4ccc(Cl)cc4)nc4sc5c(c34)CCCC5)CC2)N1. The van der Waals surface area contributed by atoms with Crippen LogP contribution in [0.3, 0.4) is 0 Å². The Morgan fingerprint density at radius 2 is 1.88 bits per heavy atom. The van der Waals surface area contributed by atoms with Gasteiger partial charge in [0.2, 0.25) is 5.91 Å². The lowest BCUT2D eigenvalue weighted by Crippen LogP contribution is -2.65. The van der Waals surface area contributed by atoms with Crippen LogP contribution >= 0.6 is 34.7 Å². The number of halogens is 1. The van der Waals surface area contributed by atoms with Crippen molar-refractivity contribution in [1.29, 1.82) is 0 Å². The van der Waals surface area contributed by atoms with Gasteiger partial charge in [-0.2, -0.15) is 0 Å². The molecule has 0 unspecified atom stereocenters. The standard InChI is InChI=1S/C24H25ClN4OS2/c25-15-5-7-16(8-6-15)31-14-19-26-22(29-11-9-24(10-12-29)13-20(30)28-24)21-17-3-1-2-4-18(17)32-23(21)27-19/h5-8H,1-4,9-14H2,(H,28,30). The van der Waals surface area contributed by atoms with Crippen molar-refractivity contribution < 1.29 is 4.79 Å². The molecule has 8 heteroatoms. The second kappa shape index (κ2) is 8.19. The molecule has 1 spiro atoms. The molecule has 2 fully saturated rings. The highest BCUT2D eigenvalue weighted by atomic mass is 35.5. The average Bonchev–Trinajstić information content (AvgIpc) is 3.16. The zero-order valence-corrected chi connectivity index (χ0v) is 20.2. The first-order chi connectivity index (χ1) is 15.6. The van der Waals surface area contributed by atoms with E-state index in [1.165, 1.54) is 40.0 Å². The Balaban J connectivity index is 1.32. The Bertz CT molecular complexity index is 1170. The van der Waals surface area contributed by atoms with Gasteiger partial charge >= 0.3 is 0 Å². The van der Waals surface area contributed by atoms with Gasteiger partial charge in [-0.15, -0.1) is 23.1 Å². The number of anilines is 1. The van der Waals surface area contributed by atoms with E-state index in [4.69, 9.17) is 21.6 Å². The van der Waals surface area contributed by atoms with Crippen LogP contribution in [0.5, 0.6) is 0 Å². The van der Waals surface area contributed by atoms with Crippen LogP contribution in [0.1, 0.15) is 48.4 Å². The fourth-order valence-electron chi connectivity index (χ4n) is 5.19. The fourth-order valence-corrected chi connectivity index (χ4v) is 7.34. The highest BCUT2D eigenvalue weighted by Crippen LogP contribution is 2.42. The Morgan fingerprint density at radius 1 is 1.12 bits per heavy atom. The van der Waals surface area contributed by atoms with E-state index in [0.29, 0.717) is 6.42 Å². The number of carbonyl (C=O) groups excluding carboxylic acids is 1. The molecular weight excluding hydrogens is 460 g/mol. The maximum atomic E-state index is 11.5. The van der Waals surface area contributed by atoms with Crippen LogP contribution in [-0.2, 0) is 23.4 Å². The molecule has 1 amide bonds. The summed E-state index contributed by atoms with van der Waals surface area (Å²) >= 11 is 9.65. The number of amides is 1. The van der Waals surface area contributed by atoms with Gasteiger partial charge < -0.3 is 10.2 Å². The maximum Gasteiger partial charge on any atom is 0.222 e. The number of hydrogen-bond acceptors (Lipinski definition) is 6. The van der Waals surface area contributed by atoms with Gasteiger partial charge in [0.25, 0.3) is 0 Å². The molecule has 166 valence electrons. The van der Waals surface area contributed by atoms with Crippen molar-refractivity contribution in [2.45, 2.75) is 61.1 Å². The molecule has 2 aliphatic heterocycles. The third-order valence-corrected chi connectivity index (χ3v) is 9.39. The third-order valence-electron chi connectivity index (χ3n) is 6.95. The summed E-state index contributed by atoms with van der Waals surface area (Å²) in [6, 6.07) is 7.95. The van der Waals surface area contributed by atoms with Crippen molar-refractivity contribution in [1.82, 2.24) is 15.3 Å². The van der Waals surface area contributed by atoms with E-state index in [1.54, 1.807) is 11.8 Å². The van der Waals surface area contributed by atoms with Crippen molar-refractivity contribution in [2.24, 2.45) is 0 Å². The molecule has 2 saturated heterocycles. The summed E-state index contributed by atoms with van der Waals surface area (Å²) in [7, 11) is 0. The van der Waals surface area contributed by atoms with Gasteiger partial charge in [-0.1, -0.05) is 11.6 Å². The molecule has 6 rings (SSSR count). The molecule has 1 aliphatic carbocycles. The summed E-state index contributed by atoms with van der Waals surface area (Å²) in [5.41, 5.74) is 1.52. The van der Waals surface area contributed by atoms with E-state index >= 15 is 0 Å². The van der Waals surface area contributed by atoms with Crippen LogP contribution in [0, 0.1) is 0 Å². The normalized spacial score (nSPS) is 19.7. The van der Waals surface area contributed by atoms with Gasteiger partial charge in [0, 0.05) is 34.3 Å². The highest BCUT2D eigenvalue weighted by molar-refractivity contribution is 7.98. The molecule has 0 radical (unpaired) electrons. The number of nitrogens with zero attached hydrogens (tertiary/aromatic N) is 3. The summed E-state index contributed by atoms with van der Waals surface area (Å²) in [5, 5.41) is 5.20. The van der Waals surface area contributed by atoms with Crippen LogP contribution in [0.4, 0.5) is 5.82 Å². The number of nitrogens with one attached hydrogen (secondary N) is 1. The minimum Gasteiger partial charge on any atom is -0.356 e. The van der Waals surface area contributed by atoms with Gasteiger partial charge in [0.15, 0.2) is 0 Å². The van der Waals surface area contributed by atoms with Crippen molar-refractivity contribution >= 4 is 56.6 Å². The number of thiophene rings is 1. The minimum absolute atomic E-state index is 0.0288. The Kier molecular flexibility index (Phi) is 5.31. The molecular formula is C24H25ClN4OS2. The first-order valence-electron chi connectivity index (χ1n) is 11.3. The molecule has 32 heavy (non-hydrogen) atoms. The van der Waals surface area contributed by atoms with Crippen molar-refractivity contribution in [2.75, 3.05) is 18.0 Å². The lowest BCUT2D eigenvalue weighted by atomic mass is 9.78. The number of rotatable bonds is 4. The topological polar surface area (TPSA) is 58.1 Å². The number of carbonyl (C=O) groups is 1. The second-order valence-electron chi connectivity index (χ2n) is 9.09. The van der Waals surface area contributed by atoms with E-state index in [9.17, 15) is 4.79 Å². The molecule has 0 bridgehead atoms. The average molecular weight is 485 g/mol. The molecule has 2 aromatic heterocycles. The largest absolute Gasteiger partial charge is 0.356 e. The Labute approximate surface area is 201 Å². The summed E-state index contributed by atoms with van der Waals surface area (Å²) in [6.45, 7) is 1.86. The van der Waals surface area contributed by atoms with Gasteiger partial charge in [-0.05, 0) is 68.4 Å². The van der Waals surface area contributed by atoms with Crippen LogP contribution in [0.25, 0.3) is 10.2 Å². The lowest BCUT2D eigenvalue weighted by molar-refractivity contribution is -0.133. The van der Waals surface area contributed by atoms with E-state index in [0.717, 1.165) is 59.6 Å². The molecule has 0 saturated carbocycles. The molecule has 0 atom stereocenters. The lowest BCUT2D eigenvalue weighted by Gasteiger charge is -2.48. The van der Waals surface area contributed by atoms with Crippen molar-refractivity contribution in [3.05, 3.63) is 45.6 Å². The number of piperidine rings is 1. The predicted molar refractivity (Wildman–Crippen MR) is 132 cm³/mol. The summed E-state index contributed by atoms with van der Waals surface area (Å²) in [5.74, 6) is 2.93. The Morgan fingerprint density at radius 3 is 2.62 bits per heavy atom. The zero-order valence-electron chi connectivity index (χ0n) is 17.8. The number of hydrogen-bond donors (Lipinski definition) is 1. The summed E-state index contributed by atoms with van der Waals surface area (Å²) in [4.78, 5) is 27.9. The monoisotopic (exact) mass is 484 g/mol. The van der Waals surface area contributed by atoms with Crippen LogP contribution in [0.15, 0.2) is 29.2 Å². The number of aryl methyl sites for hydroxylation is 2. The van der Waals surface area contributed by atoms with E-state index in [-0.39, 0.29) is 11.4 Å². The van der Waals surface area contributed by atoms with Crippen LogP contribution in [0.2, 0.25) is 5.02 Å². The smallest absolute Gasteiger partial charge is 0.222 e. The van der Waals surface area contributed by atoms with Crippen LogP contribution < -0.4 is 10.2 Å². The number of fused-ring (bicyclic) bond motifs is 3. The number of benzene rings is 1. The second-order valence-corrected chi connectivity index (χ2v) is 11.7. The van der Waals surface area contributed by atoms with E-state index in [2.05, 4.69) is 10.2 Å². The number of thioether (sulfide) groups is 1. The molecule has 3 aromatic rings. The summed E-state index contributed by atoms with van der Waals surface area (Å²) < 4.78 is 0. The quantitative estimate of drug-likeness (QED) is 0.398. The van der Waals surface area contributed by atoms with E-state index in [1.807, 2.05) is 35.6 Å². The summed E-state index contributed by atoms with van der Waals surface area (Å²) in [6.07, 6.45) is 7.49. The Hall–Kier alpha value is -1.83. The van der Waals surface area contributed by atoms with Gasteiger partial charge in [0.05, 0.1) is 16.7 Å². The van der Waals surface area contributed by atoms with Crippen molar-refractivity contribution in [3.8, 4) is 0 Å². The molecule has 1 aromatic carbocycles. The highest BCUT2D eigenvalue weighted by Gasteiger charge is 2.45. The predicted octanol–water partition coefficient (Wildman–Crippen LogP) is 5.37. The minimum atomic E-state index is 0.0288. The third kappa shape index (κ3) is 3.78. The first kappa shape index (κ1) is 20.8. The maximum absolute atomic E-state index is 11.5. The zero-order chi connectivity index (χ0) is 21.7. The van der Waals surface area contributed by atoms with E-state index < -0.39 is 0 Å². The first-order valence-corrected chi connectivity index (χ1v) is 13.5. The van der Waals surface area contributed by atoms with Crippen molar-refractivity contribution in [3.63, 3.8) is 0 Å². The molecule has 4 heterocycles. The van der Waals surface area contributed by atoms with Gasteiger partial charge in [0.1, 0.15) is 16.5 Å². The van der Waals surface area contributed by atoms with Gasteiger partial charge in [-0.3, -0.25) is 4.79 Å². The number of aromatic nitrogens is 2. The molecule has 1 N–H and O–H groups in total. The fraction of sp³-hybridized carbons (Fsp3) is 0.458. The molecule has 3 aliphatic rings. The molecule has 5 nitrogen and oxygen atoms in total.